The predicted molar refractivity (Wildman–Crippen MR) is 185 cm³/mol. The van der Waals surface area contributed by atoms with Crippen LogP contribution in [-0.2, 0) is 38.0 Å². The topological polar surface area (TPSA) is 0 Å². The zero-order valence-corrected chi connectivity index (χ0v) is 31.2. The van der Waals surface area contributed by atoms with E-state index < -0.39 is 167 Å². The van der Waals surface area contributed by atoms with E-state index in [9.17, 15) is 26.3 Å². The van der Waals surface area contributed by atoms with Gasteiger partial charge >= 0.3 is 12.4 Å². The van der Waals surface area contributed by atoms with Crippen molar-refractivity contribution in [2.24, 2.45) is 0 Å². The molecule has 8 rings (SSSR count). The van der Waals surface area contributed by atoms with Crippen LogP contribution in [0.25, 0.3) is 22.3 Å². The minimum atomic E-state index is -7.52. The molecule has 0 radical (unpaired) electrons. The number of halogens is 22. The Balaban J connectivity index is 1.70. The zero-order valence-electron chi connectivity index (χ0n) is 31.2. The fourth-order valence-corrected chi connectivity index (χ4v) is 8.69. The van der Waals surface area contributed by atoms with Crippen molar-refractivity contribution in [1.29, 1.82) is 0 Å². The molecule has 0 aliphatic heterocycles. The van der Waals surface area contributed by atoms with Gasteiger partial charge in [0.2, 0.25) is 0 Å². The normalized spacial score (nSPS) is 13.8. The Morgan fingerprint density at radius 1 is 0.292 bits per heavy atom. The molecule has 0 amide bonds. The smallest absolute Gasteiger partial charge is 0.207 e. The summed E-state index contributed by atoms with van der Waals surface area (Å²) in [5, 5.41) is 0. The molecule has 6 aromatic carbocycles. The fraction of sp³-hybridized carbons (Fsp3) is 0.143. The molecule has 23 heteroatoms. The Morgan fingerprint density at radius 3 is 0.723 bits per heavy atom. The van der Waals surface area contributed by atoms with E-state index in [1.165, 1.54) is 0 Å². The maximum Gasteiger partial charge on any atom is 0.422 e. The molecule has 0 aromatic heterocycles. The first kappa shape index (κ1) is 45.4. The molecule has 0 heterocycles. The lowest BCUT2D eigenvalue weighted by Gasteiger charge is -2.45. The van der Waals surface area contributed by atoms with E-state index in [0.29, 0.717) is 24.0 Å². The number of hydrogen-bond donors (Lipinski definition) is 0. The Hall–Kier alpha value is -6.16. The average molecular weight is 947 g/mol. The van der Waals surface area contributed by atoms with Crippen LogP contribution in [0, 0.1) is 93.1 Å². The Morgan fingerprint density at radius 2 is 0.523 bits per heavy atom. The average Bonchev–Trinajstić information content (AvgIpc) is 3.19. The van der Waals surface area contributed by atoms with Crippen molar-refractivity contribution >= 4 is 28.0 Å². The first-order valence-corrected chi connectivity index (χ1v) is 18.2. The molecular weight excluding hydrogens is 933 g/mol. The van der Waals surface area contributed by atoms with Crippen LogP contribution in [0.15, 0.2) is 36.4 Å². The third-order valence-electron chi connectivity index (χ3n) is 11.8. The number of hydrogen-bond acceptors (Lipinski definition) is 0. The first-order valence-electron chi connectivity index (χ1n) is 18.2. The van der Waals surface area contributed by atoms with Crippen LogP contribution in [0.2, 0.25) is 0 Å². The Bertz CT molecular complexity index is 2770. The number of aryl methyl sites for hydroxylation is 4. The number of fused-ring (bicyclic) bond motifs is 2. The Labute approximate surface area is 347 Å². The molecule has 0 nitrogen and oxygen atoms in total. The van der Waals surface area contributed by atoms with Crippen LogP contribution in [0.4, 0.5) is 96.6 Å². The van der Waals surface area contributed by atoms with Crippen molar-refractivity contribution in [2.75, 3.05) is 0 Å². The standard InChI is InChI=1S/C42H14BF22/c44-25-17(15-7-3-11-1-5-13(11)9-15)26(45)34(53)21(33(25)52)43(23-37(56)29(48)19(41(60,61)62)30(49)38(23)57,24-39(58)31(50)20(42(63,64)65)32(51)40(24)59)22-35(54)27(46)18(28(47)36(22)55)16-8-4-12-2-6-14(12)10-16/h3-4,7-10H,1-2,5-6H2/q-1. The molecule has 0 atom stereocenters. The van der Waals surface area contributed by atoms with Gasteiger partial charge in [0.05, 0.1) is 11.1 Å². The van der Waals surface area contributed by atoms with E-state index in [1.807, 2.05) is 0 Å². The summed E-state index contributed by atoms with van der Waals surface area (Å²) in [6.45, 7) is 0. The summed E-state index contributed by atoms with van der Waals surface area (Å²) in [6, 6.07) is 5.32. The van der Waals surface area contributed by atoms with Crippen molar-refractivity contribution in [1.82, 2.24) is 0 Å². The summed E-state index contributed by atoms with van der Waals surface area (Å²) in [5.41, 5.74) is -26.5. The summed E-state index contributed by atoms with van der Waals surface area (Å²) in [7, 11) is 0. The summed E-state index contributed by atoms with van der Waals surface area (Å²) in [5.74, 6) is -57.9. The highest BCUT2D eigenvalue weighted by Crippen LogP contribution is 2.42. The molecule has 6 aromatic rings. The SMILES string of the molecule is Fc1c(F)c([B-](c2c(F)c(F)c(-c3ccc4c(c3)CC4)c(F)c2F)(c2c(F)c(F)c(C(F)(F)F)c(F)c2F)c2c(F)c(F)c(C(F)(F)F)c(F)c2F)c(F)c(F)c1-c1ccc2c(c1)CC2. The van der Waals surface area contributed by atoms with Gasteiger partial charge < -0.3 is 0 Å². The van der Waals surface area contributed by atoms with Crippen molar-refractivity contribution in [2.45, 2.75) is 38.0 Å². The lowest BCUT2D eigenvalue weighted by molar-refractivity contribution is -0.144. The number of rotatable bonds is 6. The van der Waals surface area contributed by atoms with E-state index in [-0.39, 0.29) is 24.0 Å². The van der Waals surface area contributed by atoms with Crippen LogP contribution in [0.1, 0.15) is 33.4 Å². The van der Waals surface area contributed by atoms with Gasteiger partial charge in [0.25, 0.3) is 0 Å². The summed E-state index contributed by atoms with van der Waals surface area (Å²) >= 11 is 0. The van der Waals surface area contributed by atoms with Gasteiger partial charge in [-0.3, -0.25) is 0 Å². The lowest BCUT2D eigenvalue weighted by Crippen LogP contribution is -2.81. The molecule has 340 valence electrons. The second-order valence-electron chi connectivity index (χ2n) is 15.0. The minimum Gasteiger partial charge on any atom is -0.207 e. The predicted octanol–water partition coefficient (Wildman–Crippen LogP) is 10.9. The monoisotopic (exact) mass is 947 g/mol. The summed E-state index contributed by atoms with van der Waals surface area (Å²) in [6.07, 6.45) is -19.9. The maximum absolute atomic E-state index is 17.1. The molecule has 0 fully saturated rings. The second kappa shape index (κ2) is 14.9. The van der Waals surface area contributed by atoms with E-state index in [0.717, 1.165) is 36.4 Å². The quantitative estimate of drug-likeness (QED) is 0.0887. The largest absolute Gasteiger partial charge is 0.422 e. The van der Waals surface area contributed by atoms with Crippen molar-refractivity contribution in [3.05, 3.63) is 163 Å². The molecule has 0 spiro atoms. The van der Waals surface area contributed by atoms with Gasteiger partial charge in [-0.25, -0.2) is 70.2 Å². The van der Waals surface area contributed by atoms with Crippen LogP contribution < -0.4 is 21.9 Å². The molecule has 2 aliphatic carbocycles. The highest BCUT2D eigenvalue weighted by molar-refractivity contribution is 7.20. The van der Waals surface area contributed by atoms with E-state index >= 15 is 70.2 Å². The third-order valence-corrected chi connectivity index (χ3v) is 11.8. The molecule has 0 bridgehead atoms. The highest BCUT2D eigenvalue weighted by Gasteiger charge is 2.55. The second-order valence-corrected chi connectivity index (χ2v) is 15.0. The molecule has 65 heavy (non-hydrogen) atoms. The van der Waals surface area contributed by atoms with Crippen LogP contribution in [-0.4, -0.2) is 6.15 Å². The van der Waals surface area contributed by atoms with Gasteiger partial charge in [-0.2, -0.15) is 26.3 Å². The van der Waals surface area contributed by atoms with Crippen LogP contribution in [0.3, 0.4) is 0 Å². The number of alkyl halides is 6. The van der Waals surface area contributed by atoms with Gasteiger partial charge in [-0.15, -0.1) is 21.9 Å². The first-order chi connectivity index (χ1) is 30.2. The van der Waals surface area contributed by atoms with Gasteiger partial charge in [0.15, 0.2) is 46.5 Å². The summed E-state index contributed by atoms with van der Waals surface area (Å²) in [4.78, 5) is 0. The van der Waals surface area contributed by atoms with Gasteiger partial charge in [-0.05, 0) is 59.1 Å². The molecule has 0 unspecified atom stereocenters. The number of benzene rings is 6. The lowest BCUT2D eigenvalue weighted by atomic mass is 9.12. The van der Waals surface area contributed by atoms with E-state index in [4.69, 9.17) is 0 Å². The molecular formula is C42H14BF22-. The minimum absolute atomic E-state index is 0.131. The van der Waals surface area contributed by atoms with Crippen LogP contribution >= 0.6 is 0 Å². The van der Waals surface area contributed by atoms with Gasteiger partial charge in [-0.1, -0.05) is 36.4 Å². The van der Waals surface area contributed by atoms with Crippen LogP contribution in [0.5, 0.6) is 0 Å². The maximum atomic E-state index is 17.1. The van der Waals surface area contributed by atoms with Crippen molar-refractivity contribution in [3.63, 3.8) is 0 Å². The molecule has 0 N–H and O–H groups in total. The van der Waals surface area contributed by atoms with Crippen molar-refractivity contribution in [3.8, 4) is 22.3 Å². The zero-order chi connectivity index (χ0) is 47.9. The molecule has 0 saturated heterocycles. The Kier molecular flexibility index (Phi) is 10.4. The third kappa shape index (κ3) is 6.25. The molecule has 2 aliphatic rings. The van der Waals surface area contributed by atoms with Crippen molar-refractivity contribution < 1.29 is 96.6 Å². The molecule has 0 saturated carbocycles. The van der Waals surface area contributed by atoms with E-state index in [1.54, 1.807) is 0 Å². The van der Waals surface area contributed by atoms with Gasteiger partial charge in [0, 0.05) is 0 Å². The van der Waals surface area contributed by atoms with Gasteiger partial charge in [0.1, 0.15) is 63.8 Å². The highest BCUT2D eigenvalue weighted by atomic mass is 19.4. The summed E-state index contributed by atoms with van der Waals surface area (Å²) < 4.78 is 347. The fourth-order valence-electron chi connectivity index (χ4n) is 8.69. The van der Waals surface area contributed by atoms with E-state index in [2.05, 4.69) is 0 Å².